The van der Waals surface area contributed by atoms with Gasteiger partial charge in [-0.25, -0.2) is 0 Å². The molecule has 1 fully saturated rings. The summed E-state index contributed by atoms with van der Waals surface area (Å²) in [5.41, 5.74) is 1.91. The second-order valence-corrected chi connectivity index (χ2v) is 8.26. The highest BCUT2D eigenvalue weighted by Crippen LogP contribution is 2.33. The topological polar surface area (TPSA) is 67.9 Å². The van der Waals surface area contributed by atoms with Gasteiger partial charge in [0.2, 0.25) is 5.91 Å². The molecule has 0 bridgehead atoms. The van der Waals surface area contributed by atoms with Gasteiger partial charge in [0.15, 0.2) is 0 Å². The van der Waals surface area contributed by atoms with E-state index < -0.39 is 0 Å². The fraction of sp³-hybridized carbons (Fsp3) is 0.429. The van der Waals surface area contributed by atoms with Crippen molar-refractivity contribution >= 4 is 28.8 Å². The summed E-state index contributed by atoms with van der Waals surface area (Å²) in [6.45, 7) is 2.50. The Labute approximate surface area is 168 Å². The number of morpholine rings is 1. The van der Waals surface area contributed by atoms with Crippen LogP contribution in [0.3, 0.4) is 0 Å². The number of aryl methyl sites for hydroxylation is 1. The number of carbonyl (C=O) groups excluding carboxylic acids is 2. The van der Waals surface area contributed by atoms with Crippen molar-refractivity contribution in [2.75, 3.05) is 38.7 Å². The van der Waals surface area contributed by atoms with Gasteiger partial charge in [-0.2, -0.15) is 0 Å². The molecule has 0 radical (unpaired) electrons. The van der Waals surface area contributed by atoms with E-state index >= 15 is 0 Å². The number of nitrogens with one attached hydrogen (secondary N) is 1. The lowest BCUT2D eigenvalue weighted by atomic mass is 9.87. The summed E-state index contributed by atoms with van der Waals surface area (Å²) < 4.78 is 10.5. The molecule has 1 atom stereocenters. The molecule has 7 heteroatoms. The summed E-state index contributed by atoms with van der Waals surface area (Å²) in [5.74, 6) is 0.802. The Hall–Kier alpha value is -2.38. The first kappa shape index (κ1) is 19.0. The Morgan fingerprint density at radius 3 is 2.68 bits per heavy atom. The lowest BCUT2D eigenvalue weighted by Crippen LogP contribution is -2.40. The van der Waals surface area contributed by atoms with E-state index in [-0.39, 0.29) is 17.7 Å². The zero-order chi connectivity index (χ0) is 19.5. The van der Waals surface area contributed by atoms with Crippen molar-refractivity contribution in [2.45, 2.75) is 19.3 Å². The minimum absolute atomic E-state index is 0.0306. The lowest BCUT2D eigenvalue weighted by Gasteiger charge is -2.26. The molecule has 148 valence electrons. The van der Waals surface area contributed by atoms with Crippen molar-refractivity contribution in [3.63, 3.8) is 0 Å². The summed E-state index contributed by atoms with van der Waals surface area (Å²) >= 11 is 1.58. The van der Waals surface area contributed by atoms with Gasteiger partial charge in [0.05, 0.1) is 25.2 Å². The third-order valence-electron chi connectivity index (χ3n) is 5.32. The van der Waals surface area contributed by atoms with Crippen molar-refractivity contribution in [1.82, 2.24) is 4.90 Å². The van der Waals surface area contributed by atoms with Crippen molar-refractivity contribution in [3.05, 3.63) is 45.6 Å². The van der Waals surface area contributed by atoms with Crippen LogP contribution in [-0.2, 0) is 22.4 Å². The van der Waals surface area contributed by atoms with Crippen LogP contribution in [0.5, 0.6) is 5.75 Å². The van der Waals surface area contributed by atoms with Crippen LogP contribution in [0.1, 0.15) is 26.5 Å². The molecule has 0 saturated carbocycles. The minimum Gasteiger partial charge on any atom is -0.497 e. The number of benzene rings is 1. The van der Waals surface area contributed by atoms with Crippen molar-refractivity contribution < 1.29 is 19.1 Å². The zero-order valence-corrected chi connectivity index (χ0v) is 16.7. The molecule has 1 N–H and O–H groups in total. The highest BCUT2D eigenvalue weighted by Gasteiger charge is 2.29. The van der Waals surface area contributed by atoms with Gasteiger partial charge in [0.25, 0.3) is 5.91 Å². The van der Waals surface area contributed by atoms with Crippen molar-refractivity contribution in [1.29, 1.82) is 0 Å². The summed E-state index contributed by atoms with van der Waals surface area (Å²) in [7, 11) is 1.62. The third kappa shape index (κ3) is 4.05. The van der Waals surface area contributed by atoms with E-state index in [9.17, 15) is 9.59 Å². The second kappa shape index (κ2) is 8.32. The van der Waals surface area contributed by atoms with E-state index in [1.165, 1.54) is 4.88 Å². The fourth-order valence-electron chi connectivity index (χ4n) is 3.69. The Bertz CT molecular complexity index is 856. The van der Waals surface area contributed by atoms with Gasteiger partial charge in [0, 0.05) is 29.6 Å². The number of thiophene rings is 1. The SMILES string of the molecule is COc1ccc(NC(=O)C2CCc3sc(C(=O)N4CCOCC4)cc3C2)cc1. The predicted molar refractivity (Wildman–Crippen MR) is 108 cm³/mol. The van der Waals surface area contributed by atoms with Gasteiger partial charge in [-0.3, -0.25) is 9.59 Å². The van der Waals surface area contributed by atoms with E-state index in [0.29, 0.717) is 32.7 Å². The number of anilines is 1. The molecular formula is C21H24N2O4S. The molecule has 2 heterocycles. The van der Waals surface area contributed by atoms with Crippen LogP contribution in [0, 0.1) is 5.92 Å². The number of carbonyl (C=O) groups is 2. The molecule has 1 aliphatic heterocycles. The first-order valence-corrected chi connectivity index (χ1v) is 10.4. The molecule has 1 saturated heterocycles. The number of methoxy groups -OCH3 is 1. The number of ether oxygens (including phenoxy) is 2. The number of rotatable bonds is 4. The van der Waals surface area contributed by atoms with Gasteiger partial charge in [-0.1, -0.05) is 0 Å². The summed E-state index contributed by atoms with van der Waals surface area (Å²) in [6, 6.07) is 9.34. The largest absolute Gasteiger partial charge is 0.497 e. The first-order chi connectivity index (χ1) is 13.6. The maximum atomic E-state index is 12.7. The molecule has 0 spiro atoms. The smallest absolute Gasteiger partial charge is 0.264 e. The zero-order valence-electron chi connectivity index (χ0n) is 15.9. The Morgan fingerprint density at radius 1 is 1.21 bits per heavy atom. The van der Waals surface area contributed by atoms with Gasteiger partial charge in [-0.15, -0.1) is 11.3 Å². The maximum Gasteiger partial charge on any atom is 0.264 e. The summed E-state index contributed by atoms with van der Waals surface area (Å²) in [5, 5.41) is 2.99. The molecule has 2 aliphatic rings. The molecule has 2 amide bonds. The standard InChI is InChI=1S/C21H24N2O4S/c1-26-17-5-3-16(4-6-17)22-20(24)14-2-7-18-15(12-14)13-19(28-18)21(25)23-8-10-27-11-9-23/h3-6,13-14H,2,7-12H2,1H3,(H,22,24). The number of hydrogen-bond donors (Lipinski definition) is 1. The number of nitrogens with zero attached hydrogens (tertiary/aromatic N) is 1. The average Bonchev–Trinajstić information content (AvgIpc) is 3.17. The predicted octanol–water partition coefficient (Wildman–Crippen LogP) is 2.97. The van der Waals surface area contributed by atoms with E-state index in [2.05, 4.69) is 5.32 Å². The monoisotopic (exact) mass is 400 g/mol. The van der Waals surface area contributed by atoms with Crippen LogP contribution < -0.4 is 10.1 Å². The van der Waals surface area contributed by atoms with E-state index in [4.69, 9.17) is 9.47 Å². The molecule has 28 heavy (non-hydrogen) atoms. The molecule has 1 unspecified atom stereocenters. The molecule has 6 nitrogen and oxygen atoms in total. The normalized spacial score (nSPS) is 19.0. The fourth-order valence-corrected chi connectivity index (χ4v) is 4.87. The van der Waals surface area contributed by atoms with Crippen LogP contribution >= 0.6 is 11.3 Å². The average molecular weight is 401 g/mol. The Kier molecular flexibility index (Phi) is 5.64. The van der Waals surface area contributed by atoms with Crippen LogP contribution in [0.2, 0.25) is 0 Å². The second-order valence-electron chi connectivity index (χ2n) is 7.12. The highest BCUT2D eigenvalue weighted by atomic mass is 32.1. The Morgan fingerprint density at radius 2 is 1.96 bits per heavy atom. The minimum atomic E-state index is -0.0736. The third-order valence-corrected chi connectivity index (χ3v) is 6.55. The molecule has 1 aromatic carbocycles. The summed E-state index contributed by atoms with van der Waals surface area (Å²) in [6.07, 6.45) is 2.34. The molecule has 2 aromatic rings. The van der Waals surface area contributed by atoms with Gasteiger partial charge < -0.3 is 19.7 Å². The van der Waals surface area contributed by atoms with Gasteiger partial charge in [-0.05, 0) is 55.2 Å². The summed E-state index contributed by atoms with van der Waals surface area (Å²) in [4.78, 5) is 29.3. The molecular weight excluding hydrogens is 376 g/mol. The van der Waals surface area contributed by atoms with E-state index in [1.807, 2.05) is 35.2 Å². The van der Waals surface area contributed by atoms with Crippen molar-refractivity contribution in [3.8, 4) is 5.75 Å². The van der Waals surface area contributed by atoms with E-state index in [0.717, 1.165) is 34.7 Å². The highest BCUT2D eigenvalue weighted by molar-refractivity contribution is 7.14. The Balaban J connectivity index is 1.40. The van der Waals surface area contributed by atoms with Gasteiger partial charge in [0.1, 0.15) is 5.75 Å². The quantitative estimate of drug-likeness (QED) is 0.857. The van der Waals surface area contributed by atoms with Crippen LogP contribution in [-0.4, -0.2) is 50.1 Å². The molecule has 4 rings (SSSR count). The van der Waals surface area contributed by atoms with Crippen LogP contribution in [0.15, 0.2) is 30.3 Å². The number of fused-ring (bicyclic) bond motifs is 1. The van der Waals surface area contributed by atoms with Crippen LogP contribution in [0.4, 0.5) is 5.69 Å². The van der Waals surface area contributed by atoms with Crippen molar-refractivity contribution in [2.24, 2.45) is 5.92 Å². The van der Waals surface area contributed by atoms with Gasteiger partial charge >= 0.3 is 0 Å². The number of amides is 2. The molecule has 1 aromatic heterocycles. The lowest BCUT2D eigenvalue weighted by molar-refractivity contribution is -0.120. The first-order valence-electron chi connectivity index (χ1n) is 9.57. The molecule has 1 aliphatic carbocycles. The number of hydrogen-bond acceptors (Lipinski definition) is 5. The van der Waals surface area contributed by atoms with Crippen LogP contribution in [0.25, 0.3) is 0 Å². The maximum absolute atomic E-state index is 12.7. The van der Waals surface area contributed by atoms with E-state index in [1.54, 1.807) is 18.4 Å².